The summed E-state index contributed by atoms with van der Waals surface area (Å²) in [6, 6.07) is 12.7. The molecule has 2 aromatic carbocycles. The molecule has 0 radical (unpaired) electrons. The summed E-state index contributed by atoms with van der Waals surface area (Å²) < 4.78 is 4.76. The number of hydrogen-bond donors (Lipinski definition) is 1. The third-order valence-electron chi connectivity index (χ3n) is 3.28. The van der Waals surface area contributed by atoms with Gasteiger partial charge in [0.25, 0.3) is 5.91 Å². The van der Waals surface area contributed by atoms with E-state index in [0.29, 0.717) is 15.6 Å². The van der Waals surface area contributed by atoms with Crippen LogP contribution in [0.1, 0.15) is 15.9 Å². The van der Waals surface area contributed by atoms with Crippen molar-refractivity contribution in [3.05, 3.63) is 69.7 Å². The number of ether oxygens (including phenoxy) is 1. The summed E-state index contributed by atoms with van der Waals surface area (Å²) in [6.45, 7) is 0. The van der Waals surface area contributed by atoms with Crippen LogP contribution in [0, 0.1) is 0 Å². The molecule has 1 atom stereocenters. The number of halogens is 2. The van der Waals surface area contributed by atoms with Crippen molar-refractivity contribution in [2.75, 3.05) is 7.11 Å². The Bertz CT molecular complexity index is 701. The molecule has 120 valence electrons. The molecule has 6 heteroatoms. The van der Waals surface area contributed by atoms with Crippen LogP contribution in [-0.2, 0) is 16.0 Å². The lowest BCUT2D eigenvalue weighted by molar-refractivity contribution is -0.142. The molecule has 0 aliphatic carbocycles. The number of rotatable bonds is 5. The van der Waals surface area contributed by atoms with E-state index < -0.39 is 12.0 Å². The standard InChI is InChI=1S/C17H15Cl2NO3/c1-23-17(22)15(10-12-4-2-3-5-14(12)19)20-16(21)11-6-8-13(18)9-7-11/h2-9,15H,10H2,1H3,(H,20,21)/t15-/m1/s1. The van der Waals surface area contributed by atoms with Gasteiger partial charge in [0.05, 0.1) is 7.11 Å². The number of benzene rings is 2. The number of carbonyl (C=O) groups excluding carboxylic acids is 2. The molecule has 0 fully saturated rings. The van der Waals surface area contributed by atoms with E-state index >= 15 is 0 Å². The highest BCUT2D eigenvalue weighted by atomic mass is 35.5. The average Bonchev–Trinajstić information content (AvgIpc) is 2.56. The van der Waals surface area contributed by atoms with Crippen LogP contribution in [0.25, 0.3) is 0 Å². The van der Waals surface area contributed by atoms with Gasteiger partial charge in [-0.25, -0.2) is 4.79 Å². The van der Waals surface area contributed by atoms with Gasteiger partial charge >= 0.3 is 5.97 Å². The molecule has 0 aromatic heterocycles. The summed E-state index contributed by atoms with van der Waals surface area (Å²) in [7, 11) is 1.27. The van der Waals surface area contributed by atoms with E-state index in [0.717, 1.165) is 5.56 Å². The molecule has 4 nitrogen and oxygen atoms in total. The monoisotopic (exact) mass is 351 g/mol. The summed E-state index contributed by atoms with van der Waals surface area (Å²) in [4.78, 5) is 24.2. The normalized spacial score (nSPS) is 11.6. The zero-order chi connectivity index (χ0) is 16.8. The second kappa shape index (κ2) is 7.99. The first kappa shape index (κ1) is 17.3. The van der Waals surface area contributed by atoms with Crippen LogP contribution in [0.2, 0.25) is 10.0 Å². The SMILES string of the molecule is COC(=O)[C@@H](Cc1ccccc1Cl)NC(=O)c1ccc(Cl)cc1. The van der Waals surface area contributed by atoms with Crippen molar-refractivity contribution in [2.45, 2.75) is 12.5 Å². The first-order chi connectivity index (χ1) is 11.0. The van der Waals surface area contributed by atoms with Gasteiger partial charge in [0, 0.05) is 22.0 Å². The van der Waals surface area contributed by atoms with Gasteiger partial charge in [-0.05, 0) is 35.9 Å². The zero-order valence-electron chi connectivity index (χ0n) is 12.4. The van der Waals surface area contributed by atoms with Crippen LogP contribution < -0.4 is 5.32 Å². The highest BCUT2D eigenvalue weighted by molar-refractivity contribution is 6.31. The van der Waals surface area contributed by atoms with Crippen LogP contribution in [-0.4, -0.2) is 25.0 Å². The van der Waals surface area contributed by atoms with Crippen molar-refractivity contribution in [1.82, 2.24) is 5.32 Å². The smallest absolute Gasteiger partial charge is 0.328 e. The predicted molar refractivity (Wildman–Crippen MR) is 89.9 cm³/mol. The number of esters is 1. The van der Waals surface area contributed by atoms with Gasteiger partial charge in [-0.15, -0.1) is 0 Å². The number of amides is 1. The number of hydrogen-bond acceptors (Lipinski definition) is 3. The van der Waals surface area contributed by atoms with E-state index in [9.17, 15) is 9.59 Å². The van der Waals surface area contributed by atoms with Crippen LogP contribution in [0.3, 0.4) is 0 Å². The summed E-state index contributed by atoms with van der Waals surface area (Å²) in [6.07, 6.45) is 0.242. The minimum absolute atomic E-state index is 0.242. The summed E-state index contributed by atoms with van der Waals surface area (Å²) in [5.74, 6) is -0.920. The van der Waals surface area contributed by atoms with Crippen LogP contribution in [0.15, 0.2) is 48.5 Å². The van der Waals surface area contributed by atoms with Gasteiger partial charge in [0.15, 0.2) is 0 Å². The minimum atomic E-state index is -0.830. The highest BCUT2D eigenvalue weighted by Gasteiger charge is 2.23. The molecular formula is C17H15Cl2NO3. The topological polar surface area (TPSA) is 55.4 Å². The molecule has 0 unspecified atom stereocenters. The summed E-state index contributed by atoms with van der Waals surface area (Å²) >= 11 is 11.9. The lowest BCUT2D eigenvalue weighted by Crippen LogP contribution is -2.43. The van der Waals surface area contributed by atoms with Crippen molar-refractivity contribution in [1.29, 1.82) is 0 Å². The molecule has 2 aromatic rings. The Morgan fingerprint density at radius 1 is 1.09 bits per heavy atom. The third-order valence-corrected chi connectivity index (χ3v) is 3.90. The molecule has 0 heterocycles. The van der Waals surface area contributed by atoms with Gasteiger partial charge in [0.2, 0.25) is 0 Å². The second-order valence-electron chi connectivity index (χ2n) is 4.85. The van der Waals surface area contributed by atoms with Crippen molar-refractivity contribution in [3.8, 4) is 0 Å². The van der Waals surface area contributed by atoms with E-state index in [1.165, 1.54) is 7.11 Å². The van der Waals surface area contributed by atoms with Crippen molar-refractivity contribution < 1.29 is 14.3 Å². The van der Waals surface area contributed by atoms with Gasteiger partial charge < -0.3 is 10.1 Å². The fourth-order valence-corrected chi connectivity index (χ4v) is 2.40. The minimum Gasteiger partial charge on any atom is -0.467 e. The van der Waals surface area contributed by atoms with Gasteiger partial charge in [0.1, 0.15) is 6.04 Å². The Hall–Kier alpha value is -2.04. The molecule has 0 bridgehead atoms. The predicted octanol–water partition coefficient (Wildman–Crippen LogP) is 3.51. The Labute approximate surface area is 144 Å². The zero-order valence-corrected chi connectivity index (χ0v) is 13.9. The summed E-state index contributed by atoms with van der Waals surface area (Å²) in [5, 5.41) is 3.72. The molecule has 0 saturated heterocycles. The van der Waals surface area contributed by atoms with Gasteiger partial charge in [-0.1, -0.05) is 41.4 Å². The van der Waals surface area contributed by atoms with Crippen molar-refractivity contribution in [3.63, 3.8) is 0 Å². The molecule has 0 aliphatic heterocycles. The number of carbonyl (C=O) groups is 2. The first-order valence-electron chi connectivity index (χ1n) is 6.89. The number of nitrogens with one attached hydrogen (secondary N) is 1. The van der Waals surface area contributed by atoms with Gasteiger partial charge in [-0.3, -0.25) is 4.79 Å². The highest BCUT2D eigenvalue weighted by Crippen LogP contribution is 2.17. The fourth-order valence-electron chi connectivity index (χ4n) is 2.06. The Morgan fingerprint density at radius 3 is 2.35 bits per heavy atom. The maximum Gasteiger partial charge on any atom is 0.328 e. The summed E-state index contributed by atoms with van der Waals surface area (Å²) in [5.41, 5.74) is 1.16. The Morgan fingerprint density at radius 2 is 1.74 bits per heavy atom. The van der Waals surface area contributed by atoms with Crippen LogP contribution in [0.4, 0.5) is 0 Å². The maximum atomic E-state index is 12.3. The molecule has 2 rings (SSSR count). The number of methoxy groups -OCH3 is 1. The molecule has 1 N–H and O–H groups in total. The van der Waals surface area contributed by atoms with Crippen LogP contribution >= 0.6 is 23.2 Å². The molecule has 0 spiro atoms. The first-order valence-corrected chi connectivity index (χ1v) is 7.64. The van der Waals surface area contributed by atoms with E-state index in [-0.39, 0.29) is 12.3 Å². The molecule has 0 aliphatic rings. The molecular weight excluding hydrogens is 337 g/mol. The lowest BCUT2D eigenvalue weighted by Gasteiger charge is -2.17. The largest absolute Gasteiger partial charge is 0.467 e. The van der Waals surface area contributed by atoms with Gasteiger partial charge in [-0.2, -0.15) is 0 Å². The van der Waals surface area contributed by atoms with Crippen LogP contribution in [0.5, 0.6) is 0 Å². The van der Waals surface area contributed by atoms with E-state index in [1.54, 1.807) is 42.5 Å². The fraction of sp³-hybridized carbons (Fsp3) is 0.176. The lowest BCUT2D eigenvalue weighted by atomic mass is 10.1. The molecule has 23 heavy (non-hydrogen) atoms. The average molecular weight is 352 g/mol. The van der Waals surface area contributed by atoms with Crippen molar-refractivity contribution >= 4 is 35.1 Å². The second-order valence-corrected chi connectivity index (χ2v) is 5.70. The van der Waals surface area contributed by atoms with E-state index in [2.05, 4.69) is 5.32 Å². The molecule has 1 amide bonds. The van der Waals surface area contributed by atoms with Crippen molar-refractivity contribution in [2.24, 2.45) is 0 Å². The maximum absolute atomic E-state index is 12.3. The third kappa shape index (κ3) is 4.71. The van der Waals surface area contributed by atoms with E-state index in [4.69, 9.17) is 27.9 Å². The quantitative estimate of drug-likeness (QED) is 0.838. The Balaban J connectivity index is 2.16. The van der Waals surface area contributed by atoms with E-state index in [1.807, 2.05) is 6.07 Å². The Kier molecular flexibility index (Phi) is 6.02. The molecule has 0 saturated carbocycles.